The lowest BCUT2D eigenvalue weighted by Crippen LogP contribution is -2.31. The molecule has 2 rings (SSSR count). The van der Waals surface area contributed by atoms with Gasteiger partial charge in [-0.25, -0.2) is 0 Å². The second-order valence-corrected chi connectivity index (χ2v) is 6.36. The monoisotopic (exact) mass is 288 g/mol. The number of hydrogen-bond acceptors (Lipinski definition) is 2. The molecule has 116 valence electrons. The molecule has 1 atom stereocenters. The summed E-state index contributed by atoms with van der Waals surface area (Å²) in [6.07, 6.45) is 4.64. The Morgan fingerprint density at radius 3 is 2.57 bits per heavy atom. The number of rotatable bonds is 7. The quantitative estimate of drug-likeness (QED) is 0.779. The number of nitrogens with zero attached hydrogens (tertiary/aromatic N) is 1. The Balaban J connectivity index is 1.95. The lowest BCUT2D eigenvalue weighted by Gasteiger charge is -2.25. The smallest absolute Gasteiger partial charge is 0.238 e. The van der Waals surface area contributed by atoms with Gasteiger partial charge in [0.25, 0.3) is 0 Å². The number of aryl methyl sites for hydroxylation is 1. The first kappa shape index (κ1) is 16.0. The molecular weight excluding hydrogens is 260 g/mol. The number of hydrogen-bond donors (Lipinski definition) is 1. The van der Waals surface area contributed by atoms with E-state index in [9.17, 15) is 4.79 Å². The Labute approximate surface area is 128 Å². The van der Waals surface area contributed by atoms with Crippen LogP contribution in [0.2, 0.25) is 0 Å². The third kappa shape index (κ3) is 4.31. The predicted octanol–water partition coefficient (Wildman–Crippen LogP) is 3.51. The molecule has 1 aromatic rings. The van der Waals surface area contributed by atoms with Crippen LogP contribution in [0.5, 0.6) is 0 Å². The minimum atomic E-state index is 0.0578. The number of amides is 1. The first-order valence-corrected chi connectivity index (χ1v) is 8.23. The Kier molecular flexibility index (Phi) is 5.80. The van der Waals surface area contributed by atoms with E-state index in [1.807, 2.05) is 4.90 Å². The lowest BCUT2D eigenvalue weighted by molar-refractivity contribution is -0.128. The third-order valence-electron chi connectivity index (χ3n) is 4.21. The van der Waals surface area contributed by atoms with E-state index in [1.54, 1.807) is 0 Å². The molecule has 1 aromatic carbocycles. The van der Waals surface area contributed by atoms with Crippen LogP contribution in [0.4, 0.5) is 0 Å². The molecule has 3 nitrogen and oxygen atoms in total. The number of carbonyl (C=O) groups excluding carboxylic acids is 1. The van der Waals surface area contributed by atoms with Gasteiger partial charge in [0.2, 0.25) is 5.91 Å². The van der Waals surface area contributed by atoms with Gasteiger partial charge in [-0.3, -0.25) is 10.1 Å². The van der Waals surface area contributed by atoms with Gasteiger partial charge in [-0.15, -0.1) is 0 Å². The minimum absolute atomic E-state index is 0.0578. The zero-order valence-electron chi connectivity index (χ0n) is 13.6. The summed E-state index contributed by atoms with van der Waals surface area (Å²) in [6, 6.07) is 8.62. The van der Waals surface area contributed by atoms with Crippen LogP contribution in [0.1, 0.15) is 57.3 Å². The van der Waals surface area contributed by atoms with Crippen molar-refractivity contribution in [3.63, 3.8) is 0 Å². The molecule has 1 amide bonds. The van der Waals surface area contributed by atoms with Gasteiger partial charge in [-0.2, -0.15) is 0 Å². The molecular formula is C18H28N2O. The summed E-state index contributed by atoms with van der Waals surface area (Å²) >= 11 is 0. The van der Waals surface area contributed by atoms with Gasteiger partial charge in [-0.1, -0.05) is 57.9 Å². The van der Waals surface area contributed by atoms with Crippen LogP contribution in [0.15, 0.2) is 24.3 Å². The van der Waals surface area contributed by atoms with Crippen LogP contribution >= 0.6 is 0 Å². The maximum absolute atomic E-state index is 12.1. The molecule has 0 aromatic heterocycles. The van der Waals surface area contributed by atoms with Crippen LogP contribution in [-0.4, -0.2) is 23.9 Å². The van der Waals surface area contributed by atoms with Crippen molar-refractivity contribution in [1.29, 1.82) is 0 Å². The van der Waals surface area contributed by atoms with E-state index in [-0.39, 0.29) is 12.1 Å². The minimum Gasteiger partial charge on any atom is -0.322 e. The molecule has 1 aliphatic heterocycles. The van der Waals surface area contributed by atoms with Crippen LogP contribution in [0.3, 0.4) is 0 Å². The van der Waals surface area contributed by atoms with Gasteiger partial charge in [0.05, 0.1) is 6.54 Å². The molecule has 3 heteroatoms. The van der Waals surface area contributed by atoms with E-state index in [2.05, 4.69) is 50.4 Å². The van der Waals surface area contributed by atoms with Gasteiger partial charge >= 0.3 is 0 Å². The van der Waals surface area contributed by atoms with E-state index in [0.717, 1.165) is 25.3 Å². The summed E-state index contributed by atoms with van der Waals surface area (Å²) in [5, 5.41) is 3.34. The van der Waals surface area contributed by atoms with Crippen molar-refractivity contribution in [2.24, 2.45) is 5.92 Å². The number of unbranched alkanes of at least 4 members (excludes halogenated alkanes) is 1. The number of carbonyl (C=O) groups is 1. The Hall–Kier alpha value is -1.35. The average Bonchev–Trinajstić information content (AvgIpc) is 2.85. The molecule has 0 saturated carbocycles. The Bertz CT molecular complexity index is 453. The van der Waals surface area contributed by atoms with Gasteiger partial charge in [-0.05, 0) is 29.9 Å². The van der Waals surface area contributed by atoms with Crippen molar-refractivity contribution in [2.45, 2.75) is 52.6 Å². The maximum Gasteiger partial charge on any atom is 0.238 e. The van der Waals surface area contributed by atoms with Crippen LogP contribution < -0.4 is 5.32 Å². The maximum atomic E-state index is 12.1. The van der Waals surface area contributed by atoms with Gasteiger partial charge in [0.15, 0.2) is 0 Å². The summed E-state index contributed by atoms with van der Waals surface area (Å²) in [5.74, 6) is 0.971. The summed E-state index contributed by atoms with van der Waals surface area (Å²) in [6.45, 7) is 7.98. The molecule has 0 aliphatic carbocycles. The van der Waals surface area contributed by atoms with E-state index >= 15 is 0 Å². The predicted molar refractivity (Wildman–Crippen MR) is 87.0 cm³/mol. The molecule has 1 aliphatic rings. The molecule has 0 bridgehead atoms. The van der Waals surface area contributed by atoms with Crippen molar-refractivity contribution in [3.05, 3.63) is 35.4 Å². The van der Waals surface area contributed by atoms with E-state index in [0.29, 0.717) is 6.54 Å². The first-order valence-electron chi connectivity index (χ1n) is 8.23. The van der Waals surface area contributed by atoms with E-state index in [1.165, 1.54) is 24.0 Å². The Morgan fingerprint density at radius 1 is 1.24 bits per heavy atom. The highest BCUT2D eigenvalue weighted by Gasteiger charge is 2.30. The van der Waals surface area contributed by atoms with Crippen LogP contribution in [0.25, 0.3) is 0 Å². The molecule has 1 fully saturated rings. The highest BCUT2D eigenvalue weighted by molar-refractivity contribution is 5.80. The highest BCUT2D eigenvalue weighted by atomic mass is 16.2. The fraction of sp³-hybridized carbons (Fsp3) is 0.611. The molecule has 1 unspecified atom stereocenters. The molecule has 21 heavy (non-hydrogen) atoms. The topological polar surface area (TPSA) is 32.3 Å². The lowest BCUT2D eigenvalue weighted by atomic mass is 10.1. The van der Waals surface area contributed by atoms with E-state index in [4.69, 9.17) is 0 Å². The van der Waals surface area contributed by atoms with Gasteiger partial charge in [0, 0.05) is 6.54 Å². The standard InChI is InChI=1S/C18H28N2O/c1-4-15-8-10-16(11-9-15)18-19-13-17(21)20(18)12-6-5-7-14(2)3/h8-11,14,18-19H,4-7,12-13H2,1-3H3. The van der Waals surface area contributed by atoms with E-state index < -0.39 is 0 Å². The zero-order valence-corrected chi connectivity index (χ0v) is 13.6. The summed E-state index contributed by atoms with van der Waals surface area (Å²) in [5.41, 5.74) is 2.54. The largest absolute Gasteiger partial charge is 0.322 e. The highest BCUT2D eigenvalue weighted by Crippen LogP contribution is 2.23. The van der Waals surface area contributed by atoms with Crippen molar-refractivity contribution < 1.29 is 4.79 Å². The molecule has 1 saturated heterocycles. The van der Waals surface area contributed by atoms with Gasteiger partial charge in [0.1, 0.15) is 6.17 Å². The summed E-state index contributed by atoms with van der Waals surface area (Å²) in [4.78, 5) is 14.1. The Morgan fingerprint density at radius 2 is 1.95 bits per heavy atom. The molecule has 0 spiro atoms. The van der Waals surface area contributed by atoms with Crippen molar-refractivity contribution in [3.8, 4) is 0 Å². The van der Waals surface area contributed by atoms with Crippen LogP contribution in [0, 0.1) is 5.92 Å². The molecule has 1 heterocycles. The summed E-state index contributed by atoms with van der Waals surface area (Å²) < 4.78 is 0. The molecule has 1 N–H and O–H groups in total. The van der Waals surface area contributed by atoms with Crippen molar-refractivity contribution in [2.75, 3.05) is 13.1 Å². The second-order valence-electron chi connectivity index (χ2n) is 6.36. The van der Waals surface area contributed by atoms with Crippen molar-refractivity contribution >= 4 is 5.91 Å². The first-order chi connectivity index (χ1) is 10.1. The summed E-state index contributed by atoms with van der Waals surface area (Å²) in [7, 11) is 0. The number of nitrogens with one attached hydrogen (secondary N) is 1. The number of benzene rings is 1. The van der Waals surface area contributed by atoms with Crippen molar-refractivity contribution in [1.82, 2.24) is 10.2 Å². The fourth-order valence-corrected chi connectivity index (χ4v) is 2.86. The third-order valence-corrected chi connectivity index (χ3v) is 4.21. The van der Waals surface area contributed by atoms with Crippen LogP contribution in [-0.2, 0) is 11.2 Å². The normalized spacial score (nSPS) is 18.8. The zero-order chi connectivity index (χ0) is 15.2. The second kappa shape index (κ2) is 7.60. The SMILES string of the molecule is CCc1ccc(C2NCC(=O)N2CCCCC(C)C)cc1. The fourth-order valence-electron chi connectivity index (χ4n) is 2.86. The van der Waals surface area contributed by atoms with Gasteiger partial charge < -0.3 is 4.90 Å². The average molecular weight is 288 g/mol. The molecule has 0 radical (unpaired) electrons.